The van der Waals surface area contributed by atoms with Gasteiger partial charge >= 0.3 is 0 Å². The van der Waals surface area contributed by atoms with Gasteiger partial charge in [-0.2, -0.15) is 0 Å². The van der Waals surface area contributed by atoms with Gasteiger partial charge in [0.15, 0.2) is 0 Å². The predicted molar refractivity (Wildman–Crippen MR) is 76.7 cm³/mol. The highest BCUT2D eigenvalue weighted by Gasteiger charge is 2.18. The molecule has 0 aliphatic carbocycles. The molecular formula is C14H14BrFN2O. The summed E-state index contributed by atoms with van der Waals surface area (Å²) in [5, 5.41) is 0. The molecular weight excluding hydrogens is 311 g/mol. The summed E-state index contributed by atoms with van der Waals surface area (Å²) in [6.07, 6.45) is 0. The van der Waals surface area contributed by atoms with Crippen LogP contribution < -0.4 is 5.56 Å². The van der Waals surface area contributed by atoms with Crippen molar-refractivity contribution in [3.63, 3.8) is 0 Å². The molecule has 0 atom stereocenters. The maximum absolute atomic E-state index is 13.1. The van der Waals surface area contributed by atoms with Gasteiger partial charge in [0.2, 0.25) is 0 Å². The molecule has 0 saturated heterocycles. The Kier molecular flexibility index (Phi) is 3.58. The summed E-state index contributed by atoms with van der Waals surface area (Å²) in [6.45, 7) is 5.95. The van der Waals surface area contributed by atoms with Crippen molar-refractivity contribution in [3.8, 4) is 11.4 Å². The first kappa shape index (κ1) is 13.9. The summed E-state index contributed by atoms with van der Waals surface area (Å²) < 4.78 is 13.6. The quantitative estimate of drug-likeness (QED) is 0.870. The third-order valence-corrected chi connectivity index (χ3v) is 3.35. The topological polar surface area (TPSA) is 45.8 Å². The minimum atomic E-state index is -0.343. The Morgan fingerprint density at radius 2 is 1.95 bits per heavy atom. The first-order valence-electron chi connectivity index (χ1n) is 5.84. The number of rotatable bonds is 1. The van der Waals surface area contributed by atoms with Gasteiger partial charge in [-0.15, -0.1) is 0 Å². The molecule has 3 nitrogen and oxygen atoms in total. The number of hydrogen-bond acceptors (Lipinski definition) is 2. The number of benzene rings is 1. The standard InChI is InChI=1S/C14H14BrFN2O/c1-14(2,3)11-7-12(19)18-13(17-11)9-5-4-8(16)6-10(9)15/h4-7H,1-3H3,(H,17,18,19). The number of hydrogen-bond donors (Lipinski definition) is 1. The monoisotopic (exact) mass is 324 g/mol. The molecule has 100 valence electrons. The summed E-state index contributed by atoms with van der Waals surface area (Å²) >= 11 is 3.28. The zero-order chi connectivity index (χ0) is 14.2. The largest absolute Gasteiger partial charge is 0.306 e. The lowest BCUT2D eigenvalue weighted by atomic mass is 9.92. The van der Waals surface area contributed by atoms with Crippen molar-refractivity contribution in [2.24, 2.45) is 0 Å². The van der Waals surface area contributed by atoms with Gasteiger partial charge < -0.3 is 4.98 Å². The molecule has 0 saturated carbocycles. The molecule has 5 heteroatoms. The van der Waals surface area contributed by atoms with E-state index in [1.54, 1.807) is 6.07 Å². The second kappa shape index (κ2) is 4.89. The van der Waals surface area contributed by atoms with Crippen molar-refractivity contribution in [2.75, 3.05) is 0 Å². The molecule has 0 aliphatic rings. The van der Waals surface area contributed by atoms with E-state index in [1.165, 1.54) is 18.2 Å². The maximum Gasteiger partial charge on any atom is 0.251 e. The summed E-state index contributed by atoms with van der Waals surface area (Å²) in [5.41, 5.74) is 0.911. The van der Waals surface area contributed by atoms with Crippen molar-refractivity contribution in [1.29, 1.82) is 0 Å². The molecule has 0 amide bonds. The van der Waals surface area contributed by atoms with E-state index in [0.29, 0.717) is 21.6 Å². The van der Waals surface area contributed by atoms with Crippen LogP contribution in [-0.2, 0) is 5.41 Å². The molecule has 1 aromatic heterocycles. The number of H-pyrrole nitrogens is 1. The maximum atomic E-state index is 13.1. The highest BCUT2D eigenvalue weighted by atomic mass is 79.9. The smallest absolute Gasteiger partial charge is 0.251 e. The molecule has 1 N–H and O–H groups in total. The van der Waals surface area contributed by atoms with E-state index in [0.717, 1.165) is 0 Å². The van der Waals surface area contributed by atoms with E-state index in [-0.39, 0.29) is 16.8 Å². The van der Waals surface area contributed by atoms with Crippen molar-refractivity contribution in [2.45, 2.75) is 26.2 Å². The normalized spacial score (nSPS) is 11.6. The van der Waals surface area contributed by atoms with Gasteiger partial charge in [-0.25, -0.2) is 9.37 Å². The van der Waals surface area contributed by atoms with Gasteiger partial charge in [-0.3, -0.25) is 4.79 Å². The second-order valence-corrected chi connectivity index (χ2v) is 6.21. The molecule has 0 radical (unpaired) electrons. The van der Waals surface area contributed by atoms with Crippen LogP contribution in [0.5, 0.6) is 0 Å². The average molecular weight is 325 g/mol. The Balaban J connectivity index is 2.63. The van der Waals surface area contributed by atoms with Gasteiger partial charge in [0.1, 0.15) is 11.6 Å². The highest BCUT2D eigenvalue weighted by Crippen LogP contribution is 2.27. The minimum absolute atomic E-state index is 0.217. The van der Waals surface area contributed by atoms with Crippen LogP contribution >= 0.6 is 15.9 Å². The Hall–Kier alpha value is -1.49. The number of nitrogens with zero attached hydrogens (tertiary/aromatic N) is 1. The fraction of sp³-hybridized carbons (Fsp3) is 0.286. The van der Waals surface area contributed by atoms with Crippen molar-refractivity contribution in [1.82, 2.24) is 9.97 Å². The van der Waals surface area contributed by atoms with Gasteiger partial charge in [-0.05, 0) is 34.1 Å². The lowest BCUT2D eigenvalue weighted by molar-refractivity contribution is 0.566. The number of aromatic nitrogens is 2. The fourth-order valence-corrected chi connectivity index (χ4v) is 2.19. The van der Waals surface area contributed by atoms with Crippen molar-refractivity contribution < 1.29 is 4.39 Å². The Labute approximate surface area is 119 Å². The van der Waals surface area contributed by atoms with Crippen molar-refractivity contribution >= 4 is 15.9 Å². The van der Waals surface area contributed by atoms with Crippen LogP contribution in [0.3, 0.4) is 0 Å². The van der Waals surface area contributed by atoms with E-state index < -0.39 is 0 Å². The molecule has 0 aliphatic heterocycles. The van der Waals surface area contributed by atoms with Crippen LogP contribution in [0.25, 0.3) is 11.4 Å². The number of aromatic amines is 1. The minimum Gasteiger partial charge on any atom is -0.306 e. The lowest BCUT2D eigenvalue weighted by Gasteiger charge is -2.18. The van der Waals surface area contributed by atoms with Gasteiger partial charge in [0.25, 0.3) is 5.56 Å². The summed E-state index contributed by atoms with van der Waals surface area (Å²) in [4.78, 5) is 18.9. The van der Waals surface area contributed by atoms with Crippen LogP contribution in [-0.4, -0.2) is 9.97 Å². The average Bonchev–Trinajstić information content (AvgIpc) is 2.26. The molecule has 1 aromatic carbocycles. The van der Waals surface area contributed by atoms with Gasteiger partial charge in [-0.1, -0.05) is 20.8 Å². The van der Waals surface area contributed by atoms with Crippen molar-refractivity contribution in [3.05, 3.63) is 50.6 Å². The Morgan fingerprint density at radius 1 is 1.26 bits per heavy atom. The highest BCUT2D eigenvalue weighted by molar-refractivity contribution is 9.10. The Bertz CT molecular complexity index is 674. The Morgan fingerprint density at radius 3 is 2.53 bits per heavy atom. The molecule has 0 spiro atoms. The van der Waals surface area contributed by atoms with Crippen LogP contribution in [0.15, 0.2) is 33.5 Å². The number of nitrogens with one attached hydrogen (secondary N) is 1. The fourth-order valence-electron chi connectivity index (χ4n) is 1.65. The van der Waals surface area contributed by atoms with Gasteiger partial charge in [0, 0.05) is 21.5 Å². The molecule has 2 rings (SSSR count). The van der Waals surface area contributed by atoms with E-state index in [4.69, 9.17) is 0 Å². The SMILES string of the molecule is CC(C)(C)c1cc(=O)[nH]c(-c2ccc(F)cc2Br)n1. The molecule has 19 heavy (non-hydrogen) atoms. The second-order valence-electron chi connectivity index (χ2n) is 5.35. The van der Waals surface area contributed by atoms with Crippen LogP contribution in [0.2, 0.25) is 0 Å². The first-order valence-corrected chi connectivity index (χ1v) is 6.64. The number of halogens is 2. The van der Waals surface area contributed by atoms with Gasteiger partial charge in [0.05, 0.1) is 5.69 Å². The van der Waals surface area contributed by atoms with Crippen LogP contribution in [0, 0.1) is 5.82 Å². The van der Waals surface area contributed by atoms with Crippen LogP contribution in [0.4, 0.5) is 4.39 Å². The zero-order valence-electron chi connectivity index (χ0n) is 10.9. The zero-order valence-corrected chi connectivity index (χ0v) is 12.5. The molecule has 0 fully saturated rings. The molecule has 0 bridgehead atoms. The summed E-state index contributed by atoms with van der Waals surface area (Å²) in [6, 6.07) is 5.76. The third-order valence-electron chi connectivity index (χ3n) is 2.70. The van der Waals surface area contributed by atoms with E-state index in [2.05, 4.69) is 25.9 Å². The van der Waals surface area contributed by atoms with E-state index >= 15 is 0 Å². The first-order chi connectivity index (χ1) is 8.77. The molecule has 2 aromatic rings. The van der Waals surface area contributed by atoms with Crippen LogP contribution in [0.1, 0.15) is 26.5 Å². The lowest BCUT2D eigenvalue weighted by Crippen LogP contribution is -2.20. The third kappa shape index (κ3) is 3.10. The summed E-state index contributed by atoms with van der Waals surface area (Å²) in [5.74, 6) is 0.0919. The molecule has 1 heterocycles. The van der Waals surface area contributed by atoms with E-state index in [1.807, 2.05) is 20.8 Å². The van der Waals surface area contributed by atoms with E-state index in [9.17, 15) is 9.18 Å². The summed E-state index contributed by atoms with van der Waals surface area (Å²) in [7, 11) is 0. The molecule has 0 unspecified atom stereocenters. The predicted octanol–water partition coefficient (Wildman–Crippen LogP) is 3.64.